The average molecular weight is 317 g/mol. The van der Waals surface area contributed by atoms with E-state index in [1.165, 1.54) is 0 Å². The van der Waals surface area contributed by atoms with E-state index in [2.05, 4.69) is 30.7 Å². The Balaban J connectivity index is 1.83. The van der Waals surface area contributed by atoms with Crippen molar-refractivity contribution in [3.05, 3.63) is 34.0 Å². The molecule has 1 N–H and O–H groups in total. The Kier molecular flexibility index (Phi) is 2.48. The molecule has 0 aromatic rings. The molecule has 2 bridgehead atoms. The van der Waals surface area contributed by atoms with Crippen molar-refractivity contribution < 1.29 is 14.6 Å². The fourth-order valence-electron chi connectivity index (χ4n) is 5.41. The normalized spacial score (nSPS) is 46.0. The molecule has 3 aliphatic carbocycles. The zero-order valence-electron chi connectivity index (χ0n) is 12.5. The molecule has 0 aromatic heterocycles. The number of piperidine rings is 1. The van der Waals surface area contributed by atoms with Crippen LogP contribution in [0.5, 0.6) is 0 Å². The minimum absolute atomic E-state index is 0.190. The van der Waals surface area contributed by atoms with Crippen molar-refractivity contribution in [1.82, 2.24) is 4.90 Å². The van der Waals surface area contributed by atoms with Gasteiger partial charge in [-0.15, -0.1) is 12.6 Å². The molecule has 0 amide bonds. The molecule has 4 nitrogen and oxygen atoms in total. The number of aliphatic hydroxyl groups excluding tert-OH is 1. The van der Waals surface area contributed by atoms with Crippen LogP contribution in [0, 0.1) is 11.3 Å². The van der Waals surface area contributed by atoms with Gasteiger partial charge in [0.25, 0.3) is 0 Å². The maximum Gasteiger partial charge on any atom is 0.164 e. The summed E-state index contributed by atoms with van der Waals surface area (Å²) in [7, 11) is 2.14. The van der Waals surface area contributed by atoms with E-state index in [4.69, 9.17) is 4.74 Å². The third-order valence-electron chi connectivity index (χ3n) is 6.37. The van der Waals surface area contributed by atoms with Gasteiger partial charge in [-0.2, -0.15) is 0 Å². The first-order chi connectivity index (χ1) is 10.5. The van der Waals surface area contributed by atoms with Crippen LogP contribution in [0.2, 0.25) is 0 Å². The maximum atomic E-state index is 12.6. The molecule has 2 heterocycles. The van der Waals surface area contributed by atoms with Gasteiger partial charge in [-0.3, -0.25) is 4.79 Å². The van der Waals surface area contributed by atoms with Gasteiger partial charge < -0.3 is 14.7 Å². The molecule has 2 fully saturated rings. The number of aliphatic hydroxyl groups is 1. The third kappa shape index (κ3) is 1.32. The van der Waals surface area contributed by atoms with E-state index in [9.17, 15) is 9.90 Å². The molecule has 22 heavy (non-hydrogen) atoms. The number of ether oxygens (including phenoxy) is 1. The second-order valence-corrected chi connectivity index (χ2v) is 7.75. The fourth-order valence-corrected chi connectivity index (χ4v) is 5.71. The monoisotopic (exact) mass is 317 g/mol. The van der Waals surface area contributed by atoms with Crippen molar-refractivity contribution in [2.24, 2.45) is 11.3 Å². The van der Waals surface area contributed by atoms with Crippen LogP contribution in [0.4, 0.5) is 0 Å². The summed E-state index contributed by atoms with van der Waals surface area (Å²) in [5.41, 5.74) is 1.78. The molecule has 5 atom stereocenters. The van der Waals surface area contributed by atoms with Gasteiger partial charge in [0.05, 0.1) is 0 Å². The second-order valence-electron chi connectivity index (χ2n) is 7.21. The quantitative estimate of drug-likeness (QED) is 0.524. The summed E-state index contributed by atoms with van der Waals surface area (Å²) < 4.78 is 6.21. The van der Waals surface area contributed by atoms with Crippen molar-refractivity contribution in [3.63, 3.8) is 0 Å². The number of rotatable bonds is 0. The number of likely N-dealkylation sites (tertiary alicyclic amines) is 1. The number of hydrogen-bond acceptors (Lipinski definition) is 5. The van der Waals surface area contributed by atoms with Crippen LogP contribution in [-0.2, 0) is 9.53 Å². The van der Waals surface area contributed by atoms with E-state index < -0.39 is 6.10 Å². The Bertz CT molecular complexity index is 694. The van der Waals surface area contributed by atoms with Crippen molar-refractivity contribution in [1.29, 1.82) is 0 Å². The van der Waals surface area contributed by atoms with Gasteiger partial charge in [0.15, 0.2) is 5.78 Å². The summed E-state index contributed by atoms with van der Waals surface area (Å²) in [4.78, 5) is 15.7. The van der Waals surface area contributed by atoms with Gasteiger partial charge in [-0.25, -0.2) is 0 Å². The first-order valence-electron chi connectivity index (χ1n) is 7.96. The summed E-state index contributed by atoms with van der Waals surface area (Å²) in [5, 5.41) is 10.5. The zero-order valence-corrected chi connectivity index (χ0v) is 13.3. The van der Waals surface area contributed by atoms with Gasteiger partial charge in [-0.1, -0.05) is 12.2 Å². The molecular formula is C17H19NO3S. The van der Waals surface area contributed by atoms with Crippen LogP contribution < -0.4 is 0 Å². The van der Waals surface area contributed by atoms with Crippen LogP contribution in [0.15, 0.2) is 34.0 Å². The van der Waals surface area contributed by atoms with E-state index in [-0.39, 0.29) is 17.3 Å². The van der Waals surface area contributed by atoms with Gasteiger partial charge in [-0.05, 0) is 26.4 Å². The second kappa shape index (κ2) is 4.08. The Morgan fingerprint density at radius 2 is 2.27 bits per heavy atom. The Labute approximate surface area is 134 Å². The molecule has 0 saturated carbocycles. The molecule has 0 radical (unpaired) electrons. The molecule has 5 aliphatic rings. The first-order valence-corrected chi connectivity index (χ1v) is 8.41. The van der Waals surface area contributed by atoms with E-state index >= 15 is 0 Å². The van der Waals surface area contributed by atoms with E-state index in [1.54, 1.807) is 0 Å². The minimum Gasteiger partial charge on any atom is -0.485 e. The number of allylic oxidation sites excluding steroid dienone is 2. The van der Waals surface area contributed by atoms with Crippen molar-refractivity contribution >= 4 is 18.4 Å². The highest BCUT2D eigenvalue weighted by Crippen LogP contribution is 2.65. The lowest BCUT2D eigenvalue weighted by Gasteiger charge is -2.56. The number of nitrogens with zero attached hydrogens (tertiary/aromatic N) is 1. The van der Waals surface area contributed by atoms with Crippen LogP contribution in [0.1, 0.15) is 19.3 Å². The zero-order chi connectivity index (χ0) is 15.2. The predicted octanol–water partition coefficient (Wildman–Crippen LogP) is 1.44. The maximum absolute atomic E-state index is 12.6. The lowest BCUT2D eigenvalue weighted by atomic mass is 9.52. The fraction of sp³-hybridized carbons (Fsp3) is 0.588. The van der Waals surface area contributed by atoms with Gasteiger partial charge in [0.1, 0.15) is 18.0 Å². The van der Waals surface area contributed by atoms with Crippen LogP contribution in [0.25, 0.3) is 0 Å². The minimum atomic E-state index is -0.610. The van der Waals surface area contributed by atoms with Gasteiger partial charge in [0, 0.05) is 39.8 Å². The molecule has 2 aliphatic heterocycles. The molecule has 0 unspecified atom stereocenters. The number of carbonyl (C=O) groups is 1. The number of Topliss-reactive ketones (excluding diaryl/α,β-unsaturated/α-hetero) is 1. The smallest absolute Gasteiger partial charge is 0.164 e. The summed E-state index contributed by atoms with van der Waals surface area (Å²) in [5.74, 6) is 1.29. The summed E-state index contributed by atoms with van der Waals surface area (Å²) in [6.45, 7) is 0.974. The van der Waals surface area contributed by atoms with Crippen LogP contribution >= 0.6 is 12.6 Å². The predicted molar refractivity (Wildman–Crippen MR) is 84.3 cm³/mol. The molecule has 0 aromatic carbocycles. The molecule has 2 saturated heterocycles. The lowest BCUT2D eigenvalue weighted by molar-refractivity contribution is -0.116. The molecular weight excluding hydrogens is 298 g/mol. The summed E-state index contributed by atoms with van der Waals surface area (Å²) in [6.07, 6.45) is 5.21. The third-order valence-corrected chi connectivity index (χ3v) is 6.73. The number of thiol groups is 1. The highest BCUT2D eigenvalue weighted by atomic mass is 32.1. The van der Waals surface area contributed by atoms with E-state index in [1.807, 2.05) is 6.08 Å². The number of ketones is 1. The number of hydrogen-bond donors (Lipinski definition) is 2. The molecule has 5 rings (SSSR count). The number of carbonyl (C=O) groups excluding carboxylic acids is 1. The molecule has 1 spiro atoms. The van der Waals surface area contributed by atoms with Gasteiger partial charge in [0.2, 0.25) is 0 Å². The van der Waals surface area contributed by atoms with Crippen molar-refractivity contribution in [3.8, 4) is 0 Å². The Hall–Kier alpha value is -1.04. The average Bonchev–Trinajstić information content (AvgIpc) is 2.83. The lowest BCUT2D eigenvalue weighted by Crippen LogP contribution is -2.61. The topological polar surface area (TPSA) is 49.8 Å². The van der Waals surface area contributed by atoms with Crippen LogP contribution in [0.3, 0.4) is 0 Å². The largest absolute Gasteiger partial charge is 0.485 e. The van der Waals surface area contributed by atoms with E-state index in [0.717, 1.165) is 41.2 Å². The standard InChI is InChI=1S/C17H19NO3S/c1-18-5-4-17-9-2-3-11(19)16(17)21-15-13(22)7-12(20)8(14(15)17)6-10(9)18/h2-3,9-11,16,19,22H,4-7H2,1H3/t9-,10+,11-,16-,17-/m0/s1. The highest BCUT2D eigenvalue weighted by Gasteiger charge is 2.66. The van der Waals surface area contributed by atoms with Crippen LogP contribution in [-0.4, -0.2) is 47.6 Å². The summed E-state index contributed by atoms with van der Waals surface area (Å²) >= 11 is 4.52. The summed E-state index contributed by atoms with van der Waals surface area (Å²) in [6, 6.07) is 0.326. The Morgan fingerprint density at radius 3 is 3.09 bits per heavy atom. The highest BCUT2D eigenvalue weighted by molar-refractivity contribution is 7.84. The van der Waals surface area contributed by atoms with Gasteiger partial charge >= 0.3 is 0 Å². The first kappa shape index (κ1) is 13.4. The van der Waals surface area contributed by atoms with Crippen molar-refractivity contribution in [2.45, 2.75) is 37.5 Å². The Morgan fingerprint density at radius 1 is 1.45 bits per heavy atom. The molecule has 5 heteroatoms. The van der Waals surface area contributed by atoms with E-state index in [0.29, 0.717) is 18.4 Å². The van der Waals surface area contributed by atoms with Crippen molar-refractivity contribution in [2.75, 3.05) is 13.6 Å². The molecule has 116 valence electrons. The SMILES string of the molecule is CN1CC[C@@]23C4=C5C[C@@H]1[C@@H]2C=C[C@H](O)[C@@H]3OC4=C(S)CC5=O.